The molecular weight excluding hydrogens is 318 g/mol. The number of carbonyl (C=O) groups is 2. The summed E-state index contributed by atoms with van der Waals surface area (Å²) in [5, 5.41) is 19.5. The van der Waals surface area contributed by atoms with Gasteiger partial charge in [-0.3, -0.25) is 9.59 Å². The highest BCUT2D eigenvalue weighted by Crippen LogP contribution is 2.43. The molecule has 0 saturated carbocycles. The number of aromatic hydroxyl groups is 1. The summed E-state index contributed by atoms with van der Waals surface area (Å²) in [6.07, 6.45) is 0. The van der Waals surface area contributed by atoms with E-state index in [-0.39, 0.29) is 17.6 Å². The van der Waals surface area contributed by atoms with Gasteiger partial charge in [0.2, 0.25) is 0 Å². The van der Waals surface area contributed by atoms with E-state index >= 15 is 0 Å². The van der Waals surface area contributed by atoms with Crippen LogP contribution in [0.4, 0.5) is 0 Å². The fourth-order valence-corrected chi connectivity index (χ4v) is 3.50. The fraction of sp³-hybridized carbons (Fsp3) is 0.300. The van der Waals surface area contributed by atoms with Gasteiger partial charge in [-0.1, -0.05) is 44.2 Å². The minimum absolute atomic E-state index is 0.105. The molecule has 3 rings (SSSR count). The highest BCUT2D eigenvalue weighted by atomic mass is 16.4. The van der Waals surface area contributed by atoms with Crippen LogP contribution in [-0.4, -0.2) is 33.5 Å². The second kappa shape index (κ2) is 6.59. The minimum Gasteiger partial charge on any atom is -0.508 e. The summed E-state index contributed by atoms with van der Waals surface area (Å²) in [5.41, 5.74) is 1.69. The van der Waals surface area contributed by atoms with Gasteiger partial charge < -0.3 is 15.1 Å². The van der Waals surface area contributed by atoms with E-state index in [1.807, 2.05) is 13.8 Å². The van der Waals surface area contributed by atoms with Crippen LogP contribution in [0.1, 0.15) is 47.3 Å². The average Bonchev–Trinajstić information content (AvgIpc) is 2.57. The Morgan fingerprint density at radius 3 is 2.36 bits per heavy atom. The van der Waals surface area contributed by atoms with Crippen molar-refractivity contribution in [2.75, 3.05) is 6.54 Å². The van der Waals surface area contributed by atoms with Gasteiger partial charge in [0.15, 0.2) is 0 Å². The lowest BCUT2D eigenvalue weighted by molar-refractivity contribution is -0.140. The van der Waals surface area contributed by atoms with Gasteiger partial charge in [-0.25, -0.2) is 0 Å². The molecular formula is C20H21NO4. The first kappa shape index (κ1) is 17.0. The van der Waals surface area contributed by atoms with Crippen molar-refractivity contribution < 1.29 is 19.8 Å². The molecule has 1 aliphatic rings. The van der Waals surface area contributed by atoms with Crippen molar-refractivity contribution in [2.24, 2.45) is 5.92 Å². The molecule has 1 amide bonds. The molecule has 0 saturated heterocycles. The first-order valence-electron chi connectivity index (χ1n) is 8.31. The van der Waals surface area contributed by atoms with E-state index in [1.54, 1.807) is 41.3 Å². The molecule has 2 N–H and O–H groups in total. The van der Waals surface area contributed by atoms with Crippen molar-refractivity contribution >= 4 is 11.9 Å². The number of hydrogen-bond donors (Lipinski definition) is 2. The van der Waals surface area contributed by atoms with Crippen LogP contribution in [0.25, 0.3) is 0 Å². The number of rotatable bonds is 4. The molecule has 0 aromatic heterocycles. The third-order valence-electron chi connectivity index (χ3n) is 4.50. The van der Waals surface area contributed by atoms with E-state index in [1.165, 1.54) is 12.1 Å². The summed E-state index contributed by atoms with van der Waals surface area (Å²) in [6, 6.07) is 12.7. The largest absolute Gasteiger partial charge is 0.508 e. The van der Waals surface area contributed by atoms with E-state index < -0.39 is 17.9 Å². The first-order valence-corrected chi connectivity index (χ1v) is 8.31. The van der Waals surface area contributed by atoms with Crippen molar-refractivity contribution in [3.8, 4) is 5.75 Å². The molecule has 25 heavy (non-hydrogen) atoms. The van der Waals surface area contributed by atoms with Crippen molar-refractivity contribution in [1.82, 2.24) is 4.90 Å². The van der Waals surface area contributed by atoms with Crippen molar-refractivity contribution in [3.63, 3.8) is 0 Å². The van der Waals surface area contributed by atoms with E-state index in [4.69, 9.17) is 0 Å². The zero-order valence-electron chi connectivity index (χ0n) is 14.2. The Morgan fingerprint density at radius 1 is 1.12 bits per heavy atom. The Labute approximate surface area is 146 Å². The number of aliphatic carboxylic acids is 1. The molecule has 2 aromatic rings. The number of nitrogens with zero attached hydrogens (tertiary/aromatic N) is 1. The van der Waals surface area contributed by atoms with Crippen molar-refractivity contribution in [1.29, 1.82) is 0 Å². The number of carboxylic acid groups (broad SMARTS) is 1. The minimum atomic E-state index is -0.966. The van der Waals surface area contributed by atoms with Crippen LogP contribution in [0, 0.1) is 5.92 Å². The number of phenols is 1. The Morgan fingerprint density at radius 2 is 1.76 bits per heavy atom. The topological polar surface area (TPSA) is 77.8 Å². The summed E-state index contributed by atoms with van der Waals surface area (Å²) in [5.74, 6) is -1.67. The van der Waals surface area contributed by atoms with Gasteiger partial charge in [-0.05, 0) is 35.2 Å². The Bertz CT molecular complexity index is 798. The fourth-order valence-electron chi connectivity index (χ4n) is 3.50. The smallest absolute Gasteiger partial charge is 0.313 e. The highest BCUT2D eigenvalue weighted by molar-refractivity contribution is 6.00. The number of hydrogen-bond acceptors (Lipinski definition) is 3. The van der Waals surface area contributed by atoms with Gasteiger partial charge in [0, 0.05) is 12.1 Å². The summed E-state index contributed by atoms with van der Waals surface area (Å²) < 4.78 is 0. The predicted molar refractivity (Wildman–Crippen MR) is 93.5 cm³/mol. The van der Waals surface area contributed by atoms with Crippen LogP contribution in [0.15, 0.2) is 48.5 Å². The quantitative estimate of drug-likeness (QED) is 0.895. The Kier molecular flexibility index (Phi) is 4.49. The van der Waals surface area contributed by atoms with Crippen LogP contribution in [0.3, 0.4) is 0 Å². The van der Waals surface area contributed by atoms with Gasteiger partial charge in [0.25, 0.3) is 5.91 Å². The second-order valence-electron chi connectivity index (χ2n) is 6.79. The maximum Gasteiger partial charge on any atom is 0.313 e. The number of phenolic OH excluding ortho intramolecular Hbond substituents is 1. The Balaban J connectivity index is 2.20. The predicted octanol–water partition coefficient (Wildman–Crippen LogP) is 3.41. The van der Waals surface area contributed by atoms with E-state index in [9.17, 15) is 19.8 Å². The van der Waals surface area contributed by atoms with Gasteiger partial charge in [0.05, 0.1) is 6.04 Å². The molecule has 130 valence electrons. The molecule has 1 aliphatic heterocycles. The molecule has 0 aliphatic carbocycles. The summed E-state index contributed by atoms with van der Waals surface area (Å²) in [4.78, 5) is 26.8. The molecule has 0 spiro atoms. The van der Waals surface area contributed by atoms with Gasteiger partial charge in [-0.2, -0.15) is 0 Å². The van der Waals surface area contributed by atoms with E-state index in [0.717, 1.165) is 0 Å². The van der Waals surface area contributed by atoms with Gasteiger partial charge in [0.1, 0.15) is 11.7 Å². The van der Waals surface area contributed by atoms with E-state index in [0.29, 0.717) is 23.2 Å². The zero-order valence-corrected chi connectivity index (χ0v) is 14.2. The molecule has 2 unspecified atom stereocenters. The molecule has 0 fully saturated rings. The number of amides is 1. The number of benzene rings is 2. The summed E-state index contributed by atoms with van der Waals surface area (Å²) in [7, 11) is 0. The van der Waals surface area contributed by atoms with Crippen LogP contribution < -0.4 is 0 Å². The molecule has 1 heterocycles. The lowest BCUT2D eigenvalue weighted by Crippen LogP contribution is -2.46. The van der Waals surface area contributed by atoms with Crippen molar-refractivity contribution in [2.45, 2.75) is 25.8 Å². The Hall–Kier alpha value is -2.82. The average molecular weight is 339 g/mol. The van der Waals surface area contributed by atoms with Crippen LogP contribution in [0.2, 0.25) is 0 Å². The molecule has 2 atom stereocenters. The summed E-state index contributed by atoms with van der Waals surface area (Å²) >= 11 is 0. The lowest BCUT2D eigenvalue weighted by atomic mass is 9.79. The molecule has 5 nitrogen and oxygen atoms in total. The SMILES string of the molecule is CC(C)CN1C(=O)c2ccccc2C(C(=O)O)C1c1ccc(O)cc1. The monoisotopic (exact) mass is 339 g/mol. The lowest BCUT2D eigenvalue weighted by Gasteiger charge is -2.41. The number of carbonyl (C=O) groups excluding carboxylic acids is 1. The molecule has 5 heteroatoms. The normalized spacial score (nSPS) is 19.8. The third kappa shape index (κ3) is 3.09. The van der Waals surface area contributed by atoms with Crippen LogP contribution >= 0.6 is 0 Å². The van der Waals surface area contributed by atoms with Gasteiger partial charge in [-0.15, -0.1) is 0 Å². The maximum atomic E-state index is 13.1. The van der Waals surface area contributed by atoms with Crippen molar-refractivity contribution in [3.05, 3.63) is 65.2 Å². The summed E-state index contributed by atoms with van der Waals surface area (Å²) in [6.45, 7) is 4.46. The highest BCUT2D eigenvalue weighted by Gasteiger charge is 2.44. The molecule has 2 aromatic carbocycles. The molecule has 0 bridgehead atoms. The van der Waals surface area contributed by atoms with E-state index in [2.05, 4.69) is 0 Å². The van der Waals surface area contributed by atoms with Crippen LogP contribution in [-0.2, 0) is 4.79 Å². The first-order chi connectivity index (χ1) is 11.9. The van der Waals surface area contributed by atoms with Gasteiger partial charge >= 0.3 is 5.97 Å². The number of carboxylic acids is 1. The third-order valence-corrected chi connectivity index (χ3v) is 4.50. The number of fused-ring (bicyclic) bond motifs is 1. The second-order valence-corrected chi connectivity index (χ2v) is 6.79. The molecule has 0 radical (unpaired) electrons. The standard InChI is InChI=1S/C20H21NO4/c1-12(2)11-21-18(13-7-9-14(22)10-8-13)17(20(24)25)15-5-3-4-6-16(15)19(21)23/h3-10,12,17-18,22H,11H2,1-2H3,(H,24,25). The maximum absolute atomic E-state index is 13.1. The zero-order chi connectivity index (χ0) is 18.1. The van der Waals surface area contributed by atoms with Crippen LogP contribution in [0.5, 0.6) is 5.75 Å².